The summed E-state index contributed by atoms with van der Waals surface area (Å²) < 4.78 is 0. The molecule has 0 atom stereocenters. The predicted octanol–water partition coefficient (Wildman–Crippen LogP) is 5.14. The SMILES string of the molecule is C=Cc1c(C=C)c(-c2cccc(-c3ccccc3)c2)c2ccccc2c1B(O)O. The first-order valence-corrected chi connectivity index (χ1v) is 9.51. The van der Waals surface area contributed by atoms with Crippen LogP contribution in [0.5, 0.6) is 0 Å². The Labute approximate surface area is 171 Å². The third kappa shape index (κ3) is 3.31. The van der Waals surface area contributed by atoms with Crippen molar-refractivity contribution in [3.8, 4) is 22.3 Å². The molecule has 0 spiro atoms. The summed E-state index contributed by atoms with van der Waals surface area (Å²) in [4.78, 5) is 0. The molecule has 0 heterocycles. The van der Waals surface area contributed by atoms with Gasteiger partial charge in [0, 0.05) is 0 Å². The van der Waals surface area contributed by atoms with Crippen LogP contribution in [0.4, 0.5) is 0 Å². The molecule has 2 nitrogen and oxygen atoms in total. The Morgan fingerprint density at radius 2 is 1.21 bits per heavy atom. The Kier molecular flexibility index (Phi) is 5.17. The number of benzene rings is 4. The van der Waals surface area contributed by atoms with Crippen molar-refractivity contribution in [2.45, 2.75) is 0 Å². The van der Waals surface area contributed by atoms with E-state index in [4.69, 9.17) is 0 Å². The molecular weight excluding hydrogens is 355 g/mol. The maximum Gasteiger partial charge on any atom is 0.489 e. The van der Waals surface area contributed by atoms with Gasteiger partial charge in [-0.2, -0.15) is 0 Å². The monoisotopic (exact) mass is 376 g/mol. The molecule has 0 unspecified atom stereocenters. The topological polar surface area (TPSA) is 40.5 Å². The van der Waals surface area contributed by atoms with E-state index in [0.717, 1.165) is 38.6 Å². The third-order valence-corrected chi connectivity index (χ3v) is 5.26. The highest BCUT2D eigenvalue weighted by Crippen LogP contribution is 2.36. The normalized spacial score (nSPS) is 10.7. The van der Waals surface area contributed by atoms with Crippen LogP contribution in [0, 0.1) is 0 Å². The highest BCUT2D eigenvalue weighted by molar-refractivity contribution is 6.63. The maximum atomic E-state index is 10.1. The summed E-state index contributed by atoms with van der Waals surface area (Å²) in [6, 6.07) is 26.4. The minimum Gasteiger partial charge on any atom is -0.423 e. The van der Waals surface area contributed by atoms with Gasteiger partial charge in [-0.25, -0.2) is 0 Å². The standard InChI is InChI=1S/C26H21BO2/c1-3-21-22(4-2)26(27(28)29)24-16-9-8-15-23(24)25(21)20-14-10-13-19(17-20)18-11-6-5-7-12-18/h3-17,28-29H,1-2H2. The second-order valence-corrected chi connectivity index (χ2v) is 6.89. The van der Waals surface area contributed by atoms with Crippen molar-refractivity contribution in [1.82, 2.24) is 0 Å². The van der Waals surface area contributed by atoms with E-state index in [2.05, 4.69) is 43.5 Å². The zero-order valence-corrected chi connectivity index (χ0v) is 16.0. The Morgan fingerprint density at radius 3 is 1.86 bits per heavy atom. The van der Waals surface area contributed by atoms with Gasteiger partial charge in [-0.15, -0.1) is 0 Å². The molecule has 0 saturated heterocycles. The quantitative estimate of drug-likeness (QED) is 0.474. The van der Waals surface area contributed by atoms with Crippen molar-refractivity contribution in [3.63, 3.8) is 0 Å². The van der Waals surface area contributed by atoms with Crippen molar-refractivity contribution in [2.75, 3.05) is 0 Å². The van der Waals surface area contributed by atoms with Crippen molar-refractivity contribution >= 4 is 35.5 Å². The van der Waals surface area contributed by atoms with Crippen LogP contribution in [0.15, 0.2) is 92.0 Å². The van der Waals surface area contributed by atoms with Gasteiger partial charge in [-0.3, -0.25) is 0 Å². The number of rotatable bonds is 5. The van der Waals surface area contributed by atoms with Crippen molar-refractivity contribution in [2.24, 2.45) is 0 Å². The van der Waals surface area contributed by atoms with Gasteiger partial charge in [0.1, 0.15) is 0 Å². The first-order valence-electron chi connectivity index (χ1n) is 9.51. The highest BCUT2D eigenvalue weighted by atomic mass is 16.4. The molecule has 3 heteroatoms. The van der Waals surface area contributed by atoms with E-state index in [1.54, 1.807) is 12.2 Å². The molecule has 2 N–H and O–H groups in total. The van der Waals surface area contributed by atoms with Crippen LogP contribution in [0.3, 0.4) is 0 Å². The lowest BCUT2D eigenvalue weighted by molar-refractivity contribution is 0.426. The number of hydrogen-bond acceptors (Lipinski definition) is 2. The van der Waals surface area contributed by atoms with E-state index >= 15 is 0 Å². The second kappa shape index (κ2) is 7.92. The first kappa shape index (κ1) is 18.9. The minimum atomic E-state index is -1.60. The van der Waals surface area contributed by atoms with E-state index in [1.807, 2.05) is 48.5 Å². The van der Waals surface area contributed by atoms with Gasteiger partial charge in [0.2, 0.25) is 0 Å². The Bertz CT molecular complexity index is 1210. The molecule has 4 aromatic rings. The highest BCUT2D eigenvalue weighted by Gasteiger charge is 2.24. The van der Waals surface area contributed by atoms with E-state index in [9.17, 15) is 10.0 Å². The summed E-state index contributed by atoms with van der Waals surface area (Å²) in [6.07, 6.45) is 3.43. The van der Waals surface area contributed by atoms with Gasteiger partial charge in [-0.05, 0) is 55.7 Å². The van der Waals surface area contributed by atoms with Gasteiger partial charge < -0.3 is 10.0 Å². The molecule has 0 aliphatic heterocycles. The lowest BCUT2D eigenvalue weighted by Gasteiger charge is -2.20. The summed E-state index contributed by atoms with van der Waals surface area (Å²) in [6.45, 7) is 7.92. The summed E-state index contributed by atoms with van der Waals surface area (Å²) in [5.74, 6) is 0. The molecule has 0 saturated carbocycles. The molecule has 140 valence electrons. The van der Waals surface area contributed by atoms with E-state index in [1.165, 1.54) is 0 Å². The smallest absolute Gasteiger partial charge is 0.423 e. The Morgan fingerprint density at radius 1 is 0.621 bits per heavy atom. The fraction of sp³-hybridized carbons (Fsp3) is 0. The number of hydrogen-bond donors (Lipinski definition) is 2. The Hall–Kier alpha value is -3.40. The molecule has 0 aromatic heterocycles. The zero-order chi connectivity index (χ0) is 20.4. The molecule has 29 heavy (non-hydrogen) atoms. The van der Waals surface area contributed by atoms with Crippen molar-refractivity contribution in [3.05, 3.63) is 103 Å². The molecule has 0 radical (unpaired) electrons. The van der Waals surface area contributed by atoms with E-state index in [-0.39, 0.29) is 0 Å². The lowest BCUT2D eigenvalue weighted by Crippen LogP contribution is -2.33. The molecule has 0 amide bonds. The molecule has 4 aromatic carbocycles. The summed E-state index contributed by atoms with van der Waals surface area (Å²) in [7, 11) is -1.60. The molecule has 0 aliphatic carbocycles. The summed E-state index contributed by atoms with van der Waals surface area (Å²) in [5, 5.41) is 21.9. The van der Waals surface area contributed by atoms with Crippen molar-refractivity contribution < 1.29 is 10.0 Å². The van der Waals surface area contributed by atoms with Crippen LogP contribution in [0.1, 0.15) is 11.1 Å². The zero-order valence-electron chi connectivity index (χ0n) is 16.0. The van der Waals surface area contributed by atoms with Gasteiger partial charge in [0.15, 0.2) is 0 Å². The molecule has 0 bridgehead atoms. The molecular formula is C26H21BO2. The van der Waals surface area contributed by atoms with E-state index in [0.29, 0.717) is 11.0 Å². The van der Waals surface area contributed by atoms with Crippen LogP contribution in [-0.4, -0.2) is 17.2 Å². The van der Waals surface area contributed by atoms with Gasteiger partial charge >= 0.3 is 7.12 Å². The summed E-state index contributed by atoms with van der Waals surface area (Å²) in [5.41, 5.74) is 6.29. The lowest BCUT2D eigenvalue weighted by atomic mass is 9.70. The van der Waals surface area contributed by atoms with Crippen LogP contribution in [0.25, 0.3) is 45.2 Å². The van der Waals surface area contributed by atoms with Crippen LogP contribution in [0.2, 0.25) is 0 Å². The molecule has 0 aliphatic rings. The van der Waals surface area contributed by atoms with Crippen LogP contribution >= 0.6 is 0 Å². The summed E-state index contributed by atoms with van der Waals surface area (Å²) >= 11 is 0. The van der Waals surface area contributed by atoms with Crippen LogP contribution in [-0.2, 0) is 0 Å². The number of fused-ring (bicyclic) bond motifs is 1. The average molecular weight is 376 g/mol. The van der Waals surface area contributed by atoms with Gasteiger partial charge in [0.05, 0.1) is 0 Å². The maximum absolute atomic E-state index is 10.1. The third-order valence-electron chi connectivity index (χ3n) is 5.26. The molecule has 0 fully saturated rings. The average Bonchev–Trinajstić information content (AvgIpc) is 2.77. The Balaban J connectivity index is 2.09. The van der Waals surface area contributed by atoms with Gasteiger partial charge in [0.25, 0.3) is 0 Å². The molecule has 4 rings (SSSR count). The van der Waals surface area contributed by atoms with Crippen molar-refractivity contribution in [1.29, 1.82) is 0 Å². The first-order chi connectivity index (χ1) is 14.2. The largest absolute Gasteiger partial charge is 0.489 e. The van der Waals surface area contributed by atoms with Crippen LogP contribution < -0.4 is 5.46 Å². The fourth-order valence-corrected chi connectivity index (χ4v) is 4.01. The predicted molar refractivity (Wildman–Crippen MR) is 125 cm³/mol. The van der Waals surface area contributed by atoms with E-state index < -0.39 is 7.12 Å². The second-order valence-electron chi connectivity index (χ2n) is 6.89. The minimum absolute atomic E-state index is 0.452. The fourth-order valence-electron chi connectivity index (χ4n) is 4.01. The van der Waals surface area contributed by atoms with Gasteiger partial charge in [-0.1, -0.05) is 98.1 Å².